The van der Waals surface area contributed by atoms with Gasteiger partial charge in [0.25, 0.3) is 0 Å². The smallest absolute Gasteiger partial charge is 0.246 e. The summed E-state index contributed by atoms with van der Waals surface area (Å²) < 4.78 is 0. The average molecular weight is 192 g/mol. The highest BCUT2D eigenvalue weighted by Gasteiger charge is 2.18. The van der Waals surface area contributed by atoms with E-state index in [4.69, 9.17) is 0 Å². The van der Waals surface area contributed by atoms with Crippen LogP contribution in [0.1, 0.15) is 0 Å². The summed E-state index contributed by atoms with van der Waals surface area (Å²) in [6.07, 6.45) is 3.10. The van der Waals surface area contributed by atoms with Crippen LogP contribution in [0.4, 0.5) is 0 Å². The van der Waals surface area contributed by atoms with Crippen LogP contribution in [0.3, 0.4) is 0 Å². The predicted octanol–water partition coefficient (Wildman–Crippen LogP) is 1.02. The fourth-order valence-corrected chi connectivity index (χ4v) is 1.47. The lowest BCUT2D eigenvalue weighted by Crippen LogP contribution is -2.47. The first-order valence-corrected chi connectivity index (χ1v) is 4.66. The van der Waals surface area contributed by atoms with Crippen molar-refractivity contribution in [3.05, 3.63) is 37.6 Å². The second-order valence-electron chi connectivity index (χ2n) is 3.21. The van der Waals surface area contributed by atoms with E-state index in [2.05, 4.69) is 24.6 Å². The Kier molecular flexibility index (Phi) is 3.51. The first-order chi connectivity index (χ1) is 6.69. The van der Waals surface area contributed by atoms with E-state index in [0.29, 0.717) is 0 Å². The van der Waals surface area contributed by atoms with Gasteiger partial charge in [0.2, 0.25) is 5.91 Å². The largest absolute Gasteiger partial charge is 0.368 e. The van der Waals surface area contributed by atoms with Gasteiger partial charge in [-0.1, -0.05) is 19.7 Å². The molecule has 0 atom stereocenters. The van der Waals surface area contributed by atoms with Crippen molar-refractivity contribution in [3.8, 4) is 0 Å². The first kappa shape index (κ1) is 10.6. The summed E-state index contributed by atoms with van der Waals surface area (Å²) in [5, 5.41) is 0. The monoisotopic (exact) mass is 192 g/mol. The zero-order valence-electron chi connectivity index (χ0n) is 8.41. The molecule has 0 unspecified atom stereocenters. The molecule has 0 aromatic rings. The zero-order chi connectivity index (χ0) is 10.6. The van der Waals surface area contributed by atoms with Crippen molar-refractivity contribution in [3.63, 3.8) is 0 Å². The highest BCUT2D eigenvalue weighted by Crippen LogP contribution is 2.08. The van der Waals surface area contributed by atoms with Gasteiger partial charge in [0.05, 0.1) is 0 Å². The van der Waals surface area contributed by atoms with Crippen LogP contribution < -0.4 is 0 Å². The Labute approximate surface area is 85.0 Å². The summed E-state index contributed by atoms with van der Waals surface area (Å²) in [5.41, 5.74) is 0.927. The number of hydrogen-bond donors (Lipinski definition) is 0. The van der Waals surface area contributed by atoms with Crippen LogP contribution in [0.25, 0.3) is 0 Å². The van der Waals surface area contributed by atoms with Gasteiger partial charge in [0.1, 0.15) is 0 Å². The lowest BCUT2D eigenvalue weighted by atomic mass is 10.3. The standard InChI is InChI=1S/C11H16N2O/c1-4-10(3)12-6-8-13(9-7-12)11(14)5-2/h4-5H,1-3,6-9H2. The Balaban J connectivity index is 2.45. The summed E-state index contributed by atoms with van der Waals surface area (Å²) in [4.78, 5) is 15.2. The maximum Gasteiger partial charge on any atom is 0.246 e. The molecule has 14 heavy (non-hydrogen) atoms. The summed E-state index contributed by atoms with van der Waals surface area (Å²) in [5.74, 6) is 0.00821. The fraction of sp³-hybridized carbons (Fsp3) is 0.364. The molecule has 1 amide bonds. The van der Waals surface area contributed by atoms with E-state index in [-0.39, 0.29) is 5.91 Å². The molecule has 1 heterocycles. The quantitative estimate of drug-likeness (QED) is 0.492. The Morgan fingerprint density at radius 1 is 1.00 bits per heavy atom. The Hall–Kier alpha value is -1.51. The Bertz CT molecular complexity index is 234. The van der Waals surface area contributed by atoms with Crippen molar-refractivity contribution in [1.29, 1.82) is 0 Å². The molecule has 3 heteroatoms. The number of piperazine rings is 1. The summed E-state index contributed by atoms with van der Waals surface area (Å²) in [6, 6.07) is 0. The van der Waals surface area contributed by atoms with Gasteiger partial charge in [-0.2, -0.15) is 0 Å². The SMILES string of the molecule is C=CC(=C)N1CCN(C(=O)C=C)CC1. The number of rotatable bonds is 3. The van der Waals surface area contributed by atoms with Crippen molar-refractivity contribution in [2.45, 2.75) is 0 Å². The molecule has 0 spiro atoms. The molecule has 0 aromatic heterocycles. The molecule has 3 nitrogen and oxygen atoms in total. The molecule has 1 aliphatic heterocycles. The maximum absolute atomic E-state index is 11.3. The molecule has 1 fully saturated rings. The van der Waals surface area contributed by atoms with Crippen molar-refractivity contribution < 1.29 is 4.79 Å². The van der Waals surface area contributed by atoms with Gasteiger partial charge in [-0.3, -0.25) is 4.79 Å². The highest BCUT2D eigenvalue weighted by molar-refractivity contribution is 5.87. The van der Waals surface area contributed by atoms with Gasteiger partial charge >= 0.3 is 0 Å². The van der Waals surface area contributed by atoms with E-state index in [1.807, 2.05) is 0 Å². The van der Waals surface area contributed by atoms with Crippen LogP contribution in [-0.2, 0) is 4.79 Å². The van der Waals surface area contributed by atoms with Crippen LogP contribution in [-0.4, -0.2) is 41.9 Å². The highest BCUT2D eigenvalue weighted by atomic mass is 16.2. The minimum absolute atomic E-state index is 0.00821. The topological polar surface area (TPSA) is 23.6 Å². The van der Waals surface area contributed by atoms with E-state index in [1.54, 1.807) is 11.0 Å². The normalized spacial score (nSPS) is 16.3. The summed E-state index contributed by atoms with van der Waals surface area (Å²) >= 11 is 0. The fourth-order valence-electron chi connectivity index (χ4n) is 1.47. The number of carbonyl (C=O) groups is 1. The first-order valence-electron chi connectivity index (χ1n) is 4.66. The molecular formula is C11H16N2O. The van der Waals surface area contributed by atoms with Gasteiger partial charge in [-0.05, 0) is 12.2 Å². The molecule has 1 aliphatic rings. The van der Waals surface area contributed by atoms with Crippen LogP contribution in [0.5, 0.6) is 0 Å². The number of amides is 1. The van der Waals surface area contributed by atoms with E-state index in [9.17, 15) is 4.79 Å². The van der Waals surface area contributed by atoms with Crippen molar-refractivity contribution in [2.24, 2.45) is 0 Å². The zero-order valence-corrected chi connectivity index (χ0v) is 8.41. The lowest BCUT2D eigenvalue weighted by molar-refractivity contribution is -0.127. The van der Waals surface area contributed by atoms with Crippen LogP contribution in [0.2, 0.25) is 0 Å². The maximum atomic E-state index is 11.3. The van der Waals surface area contributed by atoms with Crippen molar-refractivity contribution in [1.82, 2.24) is 9.80 Å². The van der Waals surface area contributed by atoms with E-state index < -0.39 is 0 Å². The third-order valence-corrected chi connectivity index (χ3v) is 2.41. The third kappa shape index (κ3) is 2.25. The third-order valence-electron chi connectivity index (χ3n) is 2.41. The Morgan fingerprint density at radius 3 is 1.93 bits per heavy atom. The predicted molar refractivity (Wildman–Crippen MR) is 57.7 cm³/mol. The molecule has 1 rings (SSSR count). The number of carbonyl (C=O) groups excluding carboxylic acids is 1. The average Bonchev–Trinajstić information content (AvgIpc) is 2.27. The summed E-state index contributed by atoms with van der Waals surface area (Å²) in [7, 11) is 0. The molecular weight excluding hydrogens is 176 g/mol. The van der Waals surface area contributed by atoms with Crippen molar-refractivity contribution >= 4 is 5.91 Å². The van der Waals surface area contributed by atoms with Gasteiger partial charge < -0.3 is 9.80 Å². The van der Waals surface area contributed by atoms with E-state index >= 15 is 0 Å². The number of allylic oxidation sites excluding steroid dienone is 1. The molecule has 76 valence electrons. The minimum Gasteiger partial charge on any atom is -0.368 e. The molecule has 0 N–H and O–H groups in total. The Morgan fingerprint density at radius 2 is 1.50 bits per heavy atom. The molecule has 0 bridgehead atoms. The lowest BCUT2D eigenvalue weighted by Gasteiger charge is -2.35. The number of nitrogens with zero attached hydrogens (tertiary/aromatic N) is 2. The second kappa shape index (κ2) is 4.65. The number of hydrogen-bond acceptors (Lipinski definition) is 2. The molecule has 0 aromatic carbocycles. The molecule has 0 aliphatic carbocycles. The van der Waals surface area contributed by atoms with Crippen LogP contribution >= 0.6 is 0 Å². The van der Waals surface area contributed by atoms with Crippen LogP contribution in [0, 0.1) is 0 Å². The molecule has 0 saturated carbocycles. The van der Waals surface area contributed by atoms with Gasteiger partial charge in [0, 0.05) is 31.9 Å². The minimum atomic E-state index is 0.00821. The van der Waals surface area contributed by atoms with Gasteiger partial charge in [0.15, 0.2) is 0 Å². The molecule has 1 saturated heterocycles. The van der Waals surface area contributed by atoms with Gasteiger partial charge in [-0.15, -0.1) is 0 Å². The van der Waals surface area contributed by atoms with Gasteiger partial charge in [-0.25, -0.2) is 0 Å². The van der Waals surface area contributed by atoms with E-state index in [0.717, 1.165) is 31.9 Å². The van der Waals surface area contributed by atoms with Crippen molar-refractivity contribution in [2.75, 3.05) is 26.2 Å². The molecule has 0 radical (unpaired) electrons. The summed E-state index contributed by atoms with van der Waals surface area (Å²) in [6.45, 7) is 14.1. The van der Waals surface area contributed by atoms with E-state index in [1.165, 1.54) is 6.08 Å². The van der Waals surface area contributed by atoms with Crippen LogP contribution in [0.15, 0.2) is 37.6 Å². The second-order valence-corrected chi connectivity index (χ2v) is 3.21.